The first kappa shape index (κ1) is 22.0. The lowest BCUT2D eigenvalue weighted by Crippen LogP contribution is -2.13. The molecular formula is C22H23N3O5S. The fourth-order valence-corrected chi connectivity index (χ4v) is 3.56. The molecule has 0 bridgehead atoms. The molecule has 162 valence electrons. The van der Waals surface area contributed by atoms with E-state index in [2.05, 4.69) is 16.7 Å². The normalized spacial score (nSPS) is 11.8. The summed E-state index contributed by atoms with van der Waals surface area (Å²) in [5.41, 5.74) is 2.55. The van der Waals surface area contributed by atoms with Crippen molar-refractivity contribution in [2.75, 3.05) is 20.8 Å². The van der Waals surface area contributed by atoms with Gasteiger partial charge in [0.05, 0.1) is 32.7 Å². The molecule has 3 N–H and O–H groups in total. The molecule has 0 aliphatic heterocycles. The fraction of sp³-hybridized carbons (Fsp3) is 0.182. The summed E-state index contributed by atoms with van der Waals surface area (Å²) in [7, 11) is 3.16. The predicted octanol–water partition coefficient (Wildman–Crippen LogP) is 3.71. The number of hydrogen-bond acceptors (Lipinski definition) is 8. The van der Waals surface area contributed by atoms with Gasteiger partial charge in [-0.1, -0.05) is 12.2 Å². The van der Waals surface area contributed by atoms with Crippen LogP contribution in [-0.4, -0.2) is 47.0 Å². The van der Waals surface area contributed by atoms with Crippen LogP contribution in [0.4, 0.5) is 0 Å². The number of ether oxygens (including phenoxy) is 2. The molecule has 3 rings (SSSR count). The molecule has 2 aromatic carbocycles. The quantitative estimate of drug-likeness (QED) is 0.294. The van der Waals surface area contributed by atoms with E-state index in [1.54, 1.807) is 31.0 Å². The zero-order valence-corrected chi connectivity index (χ0v) is 18.2. The first-order valence-electron chi connectivity index (χ1n) is 9.21. The first-order valence-corrected chi connectivity index (χ1v) is 10.1. The van der Waals surface area contributed by atoms with Crippen LogP contribution in [0.1, 0.15) is 12.5 Å². The molecule has 1 aromatic heterocycles. The predicted molar refractivity (Wildman–Crippen MR) is 121 cm³/mol. The van der Waals surface area contributed by atoms with Crippen LogP contribution in [0.15, 0.2) is 58.0 Å². The van der Waals surface area contributed by atoms with Gasteiger partial charge in [-0.15, -0.1) is 11.3 Å². The van der Waals surface area contributed by atoms with E-state index in [0.29, 0.717) is 28.5 Å². The molecule has 0 aliphatic rings. The summed E-state index contributed by atoms with van der Waals surface area (Å²) in [6.45, 7) is 6.19. The zero-order valence-electron chi connectivity index (χ0n) is 17.4. The van der Waals surface area contributed by atoms with Gasteiger partial charge in [-0.2, -0.15) is 5.10 Å². The lowest BCUT2D eigenvalue weighted by molar-refractivity contribution is 0.367. The van der Waals surface area contributed by atoms with Crippen LogP contribution >= 0.6 is 11.3 Å². The maximum absolute atomic E-state index is 10.1. The van der Waals surface area contributed by atoms with Crippen molar-refractivity contribution in [3.8, 4) is 40.0 Å². The minimum atomic E-state index is -0.610. The van der Waals surface area contributed by atoms with Gasteiger partial charge in [-0.05, 0) is 37.3 Å². The summed E-state index contributed by atoms with van der Waals surface area (Å²) in [4.78, 5) is 5.16. The van der Waals surface area contributed by atoms with Crippen molar-refractivity contribution in [1.29, 1.82) is 0 Å². The van der Waals surface area contributed by atoms with Gasteiger partial charge in [0.2, 0.25) is 10.6 Å². The molecule has 9 heteroatoms. The van der Waals surface area contributed by atoms with Crippen molar-refractivity contribution in [2.24, 2.45) is 10.1 Å². The summed E-state index contributed by atoms with van der Waals surface area (Å²) >= 11 is 1.38. The van der Waals surface area contributed by atoms with Crippen molar-refractivity contribution >= 4 is 17.6 Å². The molecule has 0 spiro atoms. The highest BCUT2D eigenvalue weighted by molar-refractivity contribution is 7.07. The molecule has 0 saturated carbocycles. The average Bonchev–Trinajstić information content (AvgIpc) is 3.17. The van der Waals surface area contributed by atoms with Crippen LogP contribution in [-0.2, 0) is 0 Å². The van der Waals surface area contributed by atoms with E-state index >= 15 is 0 Å². The van der Waals surface area contributed by atoms with Crippen LogP contribution in [0.5, 0.6) is 28.7 Å². The monoisotopic (exact) mass is 441 g/mol. The third kappa shape index (κ3) is 4.72. The number of aromatic hydroxyl groups is 3. The Morgan fingerprint density at radius 3 is 2.58 bits per heavy atom. The Bertz CT molecular complexity index is 1210. The van der Waals surface area contributed by atoms with Crippen molar-refractivity contribution in [1.82, 2.24) is 4.68 Å². The molecule has 0 amide bonds. The Labute approximate surface area is 183 Å². The topological polar surface area (TPSA) is 109 Å². The second-order valence-electron chi connectivity index (χ2n) is 6.67. The number of hydrogen-bond donors (Lipinski definition) is 3. The molecule has 0 atom stereocenters. The molecule has 0 fully saturated rings. The van der Waals surface area contributed by atoms with E-state index in [4.69, 9.17) is 9.47 Å². The molecule has 0 unspecified atom stereocenters. The van der Waals surface area contributed by atoms with Gasteiger partial charge in [0.25, 0.3) is 0 Å². The highest BCUT2D eigenvalue weighted by Gasteiger charge is 2.15. The minimum Gasteiger partial charge on any atom is -0.504 e. The van der Waals surface area contributed by atoms with Crippen LogP contribution in [0, 0.1) is 0 Å². The molecule has 3 aromatic rings. The summed E-state index contributed by atoms with van der Waals surface area (Å²) in [6, 6.07) is 8.14. The van der Waals surface area contributed by atoms with E-state index in [9.17, 15) is 15.3 Å². The van der Waals surface area contributed by atoms with Crippen LogP contribution in [0.3, 0.4) is 0 Å². The molecule has 1 heterocycles. The molecular weight excluding hydrogens is 418 g/mol. The van der Waals surface area contributed by atoms with Gasteiger partial charge in [0, 0.05) is 16.5 Å². The average molecular weight is 442 g/mol. The minimum absolute atomic E-state index is 0.225. The Morgan fingerprint density at radius 2 is 1.90 bits per heavy atom. The molecule has 31 heavy (non-hydrogen) atoms. The Balaban J connectivity index is 2.19. The molecule has 0 radical (unpaired) electrons. The summed E-state index contributed by atoms with van der Waals surface area (Å²) in [5.74, 6) is -0.225. The first-order chi connectivity index (χ1) is 14.8. The Kier molecular flexibility index (Phi) is 6.66. The number of methoxy groups -OCH3 is 2. The van der Waals surface area contributed by atoms with Crippen LogP contribution < -0.4 is 14.3 Å². The molecule has 0 aliphatic carbocycles. The summed E-state index contributed by atoms with van der Waals surface area (Å²) < 4.78 is 12.5. The third-order valence-electron chi connectivity index (χ3n) is 4.33. The van der Waals surface area contributed by atoms with Gasteiger partial charge < -0.3 is 24.8 Å². The van der Waals surface area contributed by atoms with Crippen molar-refractivity contribution in [3.05, 3.63) is 58.2 Å². The standard InChI is InChI=1S/C22H23N3O5S/c1-13(2)10-23-22-25(24-11-14-5-7-18(26)21(28)20(14)27)17(12-31-22)16-9-15(29-3)6-8-19(16)30-4/h5-9,11-12,26-28H,1,10H2,2-4H3. The van der Waals surface area contributed by atoms with E-state index in [1.165, 1.54) is 29.7 Å². The second kappa shape index (κ2) is 9.40. The smallest absolute Gasteiger partial charge is 0.206 e. The number of nitrogens with zero attached hydrogens (tertiary/aromatic N) is 3. The van der Waals surface area contributed by atoms with Gasteiger partial charge in [-0.3, -0.25) is 4.99 Å². The Hall–Kier alpha value is -3.72. The molecule has 0 saturated heterocycles. The Morgan fingerprint density at radius 1 is 1.13 bits per heavy atom. The highest BCUT2D eigenvalue weighted by atomic mass is 32.1. The van der Waals surface area contributed by atoms with E-state index in [0.717, 1.165) is 11.1 Å². The van der Waals surface area contributed by atoms with E-state index < -0.39 is 17.2 Å². The number of phenols is 3. The summed E-state index contributed by atoms with van der Waals surface area (Å²) in [6.07, 6.45) is 1.37. The fourth-order valence-electron chi connectivity index (χ4n) is 2.73. The highest BCUT2D eigenvalue weighted by Crippen LogP contribution is 2.36. The van der Waals surface area contributed by atoms with Gasteiger partial charge >= 0.3 is 0 Å². The molecule has 8 nitrogen and oxygen atoms in total. The second-order valence-corrected chi connectivity index (χ2v) is 7.51. The lowest BCUT2D eigenvalue weighted by atomic mass is 10.1. The number of benzene rings is 2. The van der Waals surface area contributed by atoms with Gasteiger partial charge in [0.1, 0.15) is 11.5 Å². The largest absolute Gasteiger partial charge is 0.504 e. The maximum Gasteiger partial charge on any atom is 0.206 e. The van der Waals surface area contributed by atoms with Crippen molar-refractivity contribution in [3.63, 3.8) is 0 Å². The van der Waals surface area contributed by atoms with Crippen LogP contribution in [0.2, 0.25) is 0 Å². The van der Waals surface area contributed by atoms with Crippen molar-refractivity contribution in [2.45, 2.75) is 6.92 Å². The number of rotatable bonds is 7. The SMILES string of the molecule is C=C(C)CN=c1scc(-c2cc(OC)ccc2OC)n1N=Cc1ccc(O)c(O)c1O. The van der Waals surface area contributed by atoms with E-state index in [-0.39, 0.29) is 5.56 Å². The zero-order chi connectivity index (χ0) is 22.5. The third-order valence-corrected chi connectivity index (χ3v) is 5.18. The van der Waals surface area contributed by atoms with E-state index in [1.807, 2.05) is 18.4 Å². The lowest BCUT2D eigenvalue weighted by Gasteiger charge is -2.11. The van der Waals surface area contributed by atoms with Crippen molar-refractivity contribution < 1.29 is 24.8 Å². The number of phenolic OH excluding ortho intramolecular Hbond substituents is 3. The maximum atomic E-state index is 10.1. The van der Waals surface area contributed by atoms with Gasteiger partial charge in [-0.25, -0.2) is 4.68 Å². The number of thiazole rings is 1. The van der Waals surface area contributed by atoms with Crippen LogP contribution in [0.25, 0.3) is 11.3 Å². The summed E-state index contributed by atoms with van der Waals surface area (Å²) in [5, 5.41) is 35.8. The number of aromatic nitrogens is 1. The van der Waals surface area contributed by atoms with Gasteiger partial charge in [0.15, 0.2) is 11.5 Å².